The average Bonchev–Trinajstić information content (AvgIpc) is 2.58. The second-order valence-corrected chi connectivity index (χ2v) is 4.59. The second kappa shape index (κ2) is 6.17. The van der Waals surface area contributed by atoms with Gasteiger partial charge in [0.2, 0.25) is 11.8 Å². The maximum atomic E-state index is 12.3. The highest BCUT2D eigenvalue weighted by Gasteiger charge is 2.28. The summed E-state index contributed by atoms with van der Waals surface area (Å²) in [6.07, 6.45) is 0. The van der Waals surface area contributed by atoms with E-state index < -0.39 is 0 Å². The lowest BCUT2D eigenvalue weighted by atomic mass is 10.1. The van der Waals surface area contributed by atoms with Crippen LogP contribution in [0.25, 0.3) is 0 Å². The van der Waals surface area contributed by atoms with E-state index >= 15 is 0 Å². The Morgan fingerprint density at radius 3 is 3.05 bits per heavy atom. The normalized spacial score (nSPS) is 17.9. The first-order chi connectivity index (χ1) is 9.63. The molecule has 1 aromatic rings. The van der Waals surface area contributed by atoms with Crippen molar-refractivity contribution >= 4 is 17.5 Å². The Hall–Kier alpha value is -2.39. The van der Waals surface area contributed by atoms with Crippen molar-refractivity contribution in [2.45, 2.75) is 19.5 Å². The number of hydrogen-bond acceptors (Lipinski definition) is 4. The minimum Gasteiger partial charge on any atom is -0.341 e. The van der Waals surface area contributed by atoms with Crippen LogP contribution in [0.1, 0.15) is 12.5 Å². The molecule has 0 radical (unpaired) electrons. The smallest absolute Gasteiger partial charge is 0.244 e. The highest BCUT2D eigenvalue weighted by atomic mass is 16.2. The summed E-state index contributed by atoms with van der Waals surface area (Å²) in [7, 11) is 0. The quantitative estimate of drug-likeness (QED) is 0.767. The van der Waals surface area contributed by atoms with Crippen LogP contribution in [0.3, 0.4) is 0 Å². The lowest BCUT2D eigenvalue weighted by Gasteiger charge is -2.23. The van der Waals surface area contributed by atoms with E-state index in [9.17, 15) is 9.59 Å². The number of fused-ring (bicyclic) bond motifs is 1. The standard InChI is InChI=1S/C14H16N4O2/c1-10-14(20)18(9-13(19)16-7-6-15)12-5-3-2-4-11(12)8-17-10/h2-5,10,17H,7-9H2,1H3,(H,16,19). The number of carbonyl (C=O) groups excluding carboxylic acids is 2. The first-order valence-electron chi connectivity index (χ1n) is 6.40. The first-order valence-corrected chi connectivity index (χ1v) is 6.40. The van der Waals surface area contributed by atoms with Crippen molar-refractivity contribution in [2.75, 3.05) is 18.0 Å². The van der Waals surface area contributed by atoms with E-state index in [2.05, 4.69) is 10.6 Å². The van der Waals surface area contributed by atoms with Crippen molar-refractivity contribution in [3.05, 3.63) is 29.8 Å². The Balaban J connectivity index is 2.25. The van der Waals surface area contributed by atoms with E-state index in [0.717, 1.165) is 11.3 Å². The molecule has 0 bridgehead atoms. The fraction of sp³-hybridized carbons (Fsp3) is 0.357. The Labute approximate surface area is 117 Å². The van der Waals surface area contributed by atoms with Gasteiger partial charge in [-0.05, 0) is 18.6 Å². The Kier molecular flexibility index (Phi) is 4.33. The zero-order valence-electron chi connectivity index (χ0n) is 11.2. The number of nitriles is 1. The number of anilines is 1. The zero-order chi connectivity index (χ0) is 14.5. The van der Waals surface area contributed by atoms with E-state index in [-0.39, 0.29) is 30.9 Å². The third kappa shape index (κ3) is 2.95. The number of nitrogens with one attached hydrogen (secondary N) is 2. The third-order valence-electron chi connectivity index (χ3n) is 3.18. The van der Waals surface area contributed by atoms with Crippen molar-refractivity contribution in [2.24, 2.45) is 0 Å². The van der Waals surface area contributed by atoms with Gasteiger partial charge < -0.3 is 15.5 Å². The third-order valence-corrected chi connectivity index (χ3v) is 3.18. The molecule has 0 fully saturated rings. The summed E-state index contributed by atoms with van der Waals surface area (Å²) in [4.78, 5) is 25.6. The topological polar surface area (TPSA) is 85.2 Å². The molecule has 2 amide bonds. The number of carbonyl (C=O) groups is 2. The predicted molar refractivity (Wildman–Crippen MR) is 73.7 cm³/mol. The number of rotatable bonds is 3. The molecule has 1 atom stereocenters. The molecule has 0 saturated heterocycles. The fourth-order valence-corrected chi connectivity index (χ4v) is 2.13. The van der Waals surface area contributed by atoms with Crippen LogP contribution < -0.4 is 15.5 Å². The molecule has 1 heterocycles. The molecule has 1 aliphatic heterocycles. The van der Waals surface area contributed by atoms with Gasteiger partial charge in [-0.1, -0.05) is 18.2 Å². The van der Waals surface area contributed by atoms with Gasteiger partial charge in [0.05, 0.1) is 12.1 Å². The van der Waals surface area contributed by atoms with Crippen LogP contribution in [0.2, 0.25) is 0 Å². The minimum atomic E-state index is -0.355. The zero-order valence-corrected chi connectivity index (χ0v) is 11.2. The molecule has 0 aliphatic carbocycles. The highest BCUT2D eigenvalue weighted by Crippen LogP contribution is 2.23. The summed E-state index contributed by atoms with van der Waals surface area (Å²) in [5, 5.41) is 14.0. The summed E-state index contributed by atoms with van der Waals surface area (Å²) < 4.78 is 0. The number of amides is 2. The molecule has 1 unspecified atom stereocenters. The van der Waals surface area contributed by atoms with Gasteiger partial charge in [0.25, 0.3) is 0 Å². The summed E-state index contributed by atoms with van der Waals surface area (Å²) >= 11 is 0. The molecule has 2 rings (SSSR count). The summed E-state index contributed by atoms with van der Waals surface area (Å²) in [6, 6.07) is 8.97. The van der Waals surface area contributed by atoms with Gasteiger partial charge in [-0.2, -0.15) is 5.26 Å². The molecular weight excluding hydrogens is 256 g/mol. The largest absolute Gasteiger partial charge is 0.341 e. The van der Waals surface area contributed by atoms with E-state index in [4.69, 9.17) is 5.26 Å². The predicted octanol–water partition coefficient (Wildman–Crippen LogP) is 0.151. The lowest BCUT2D eigenvalue weighted by Crippen LogP contribution is -2.46. The van der Waals surface area contributed by atoms with Gasteiger partial charge in [-0.15, -0.1) is 0 Å². The van der Waals surface area contributed by atoms with Crippen molar-refractivity contribution in [1.29, 1.82) is 5.26 Å². The lowest BCUT2D eigenvalue weighted by molar-refractivity contribution is -0.124. The maximum absolute atomic E-state index is 12.3. The molecule has 2 N–H and O–H groups in total. The number of nitrogens with zero attached hydrogens (tertiary/aromatic N) is 2. The monoisotopic (exact) mass is 272 g/mol. The van der Waals surface area contributed by atoms with E-state index in [1.807, 2.05) is 30.3 Å². The van der Waals surface area contributed by atoms with Gasteiger partial charge in [0, 0.05) is 12.2 Å². The second-order valence-electron chi connectivity index (χ2n) is 4.59. The maximum Gasteiger partial charge on any atom is 0.244 e. The molecule has 104 valence electrons. The molecule has 1 aromatic carbocycles. The van der Waals surface area contributed by atoms with Crippen LogP contribution in [-0.4, -0.2) is 30.9 Å². The van der Waals surface area contributed by atoms with Gasteiger partial charge >= 0.3 is 0 Å². The molecule has 6 nitrogen and oxygen atoms in total. The molecule has 0 saturated carbocycles. The molecule has 1 aliphatic rings. The van der Waals surface area contributed by atoms with E-state index in [1.165, 1.54) is 4.90 Å². The highest BCUT2D eigenvalue weighted by molar-refractivity contribution is 6.02. The summed E-state index contributed by atoms with van der Waals surface area (Å²) in [5.41, 5.74) is 1.71. The Morgan fingerprint density at radius 1 is 1.55 bits per heavy atom. The molecule has 0 spiro atoms. The van der Waals surface area contributed by atoms with E-state index in [1.54, 1.807) is 6.92 Å². The molecule has 6 heteroatoms. The van der Waals surface area contributed by atoms with Gasteiger partial charge in [0.1, 0.15) is 13.1 Å². The summed E-state index contributed by atoms with van der Waals surface area (Å²) in [5.74, 6) is -0.495. The first kappa shape index (κ1) is 14.0. The van der Waals surface area contributed by atoms with Crippen molar-refractivity contribution in [3.8, 4) is 6.07 Å². The fourth-order valence-electron chi connectivity index (χ4n) is 2.13. The van der Waals surface area contributed by atoms with Crippen LogP contribution in [0.5, 0.6) is 0 Å². The van der Waals surface area contributed by atoms with Crippen LogP contribution >= 0.6 is 0 Å². The van der Waals surface area contributed by atoms with Crippen LogP contribution in [0, 0.1) is 11.3 Å². The number of benzene rings is 1. The van der Waals surface area contributed by atoms with Crippen molar-refractivity contribution in [1.82, 2.24) is 10.6 Å². The van der Waals surface area contributed by atoms with Gasteiger partial charge in [-0.3, -0.25) is 9.59 Å². The number of para-hydroxylation sites is 1. The van der Waals surface area contributed by atoms with E-state index in [0.29, 0.717) is 6.54 Å². The average molecular weight is 272 g/mol. The molecule has 20 heavy (non-hydrogen) atoms. The minimum absolute atomic E-state index is 0.0592. The van der Waals surface area contributed by atoms with Crippen LogP contribution in [0.15, 0.2) is 24.3 Å². The van der Waals surface area contributed by atoms with Crippen molar-refractivity contribution in [3.63, 3.8) is 0 Å². The Bertz CT molecular complexity index is 565. The van der Waals surface area contributed by atoms with Crippen LogP contribution in [0.4, 0.5) is 5.69 Å². The summed E-state index contributed by atoms with van der Waals surface area (Å²) in [6.45, 7) is 2.22. The van der Waals surface area contributed by atoms with Gasteiger partial charge in [-0.25, -0.2) is 0 Å². The SMILES string of the molecule is CC1NCc2ccccc2N(CC(=O)NCC#N)C1=O. The molecular formula is C14H16N4O2. The van der Waals surface area contributed by atoms with Crippen molar-refractivity contribution < 1.29 is 9.59 Å². The Morgan fingerprint density at radius 2 is 2.30 bits per heavy atom. The van der Waals surface area contributed by atoms with Gasteiger partial charge in [0.15, 0.2) is 0 Å². The van der Waals surface area contributed by atoms with Crippen LogP contribution in [-0.2, 0) is 16.1 Å². The number of hydrogen-bond donors (Lipinski definition) is 2. The molecule has 0 aromatic heterocycles.